The molecule has 0 aromatic heterocycles. The van der Waals surface area contributed by atoms with Crippen molar-refractivity contribution in [3.05, 3.63) is 34.1 Å². The number of carbonyl (C=O) groups is 1. The molecular weight excluding hydrogens is 353 g/mol. The van der Waals surface area contributed by atoms with Crippen LogP contribution in [0.4, 0.5) is 4.39 Å². The Balaban J connectivity index is 2.90. The molecule has 0 spiro atoms. The van der Waals surface area contributed by atoms with Crippen LogP contribution >= 0.6 is 31.9 Å². The van der Waals surface area contributed by atoms with E-state index in [1.165, 1.54) is 6.07 Å². The van der Waals surface area contributed by atoms with Crippen LogP contribution in [0, 0.1) is 5.82 Å². The third-order valence-corrected chi connectivity index (χ3v) is 3.59. The second-order valence-corrected chi connectivity index (χ2v) is 5.18. The molecule has 0 fully saturated rings. The highest BCUT2D eigenvalue weighted by Crippen LogP contribution is 2.20. The summed E-state index contributed by atoms with van der Waals surface area (Å²) in [6, 6.07) is 4.76. The Labute approximate surface area is 117 Å². The van der Waals surface area contributed by atoms with Crippen molar-refractivity contribution in [1.82, 2.24) is 4.90 Å². The highest BCUT2D eigenvalue weighted by molar-refractivity contribution is 9.10. The number of carbonyl (C=O) groups excluding carboxylic acids is 1. The van der Waals surface area contributed by atoms with Crippen molar-refractivity contribution < 1.29 is 9.18 Å². The van der Waals surface area contributed by atoms with Gasteiger partial charge in [-0.1, -0.05) is 22.0 Å². The fraction of sp³-hybridized carbons (Fsp3) is 0.417. The molecule has 0 aliphatic heterocycles. The van der Waals surface area contributed by atoms with Crippen molar-refractivity contribution >= 4 is 37.8 Å². The van der Waals surface area contributed by atoms with Gasteiger partial charge in [-0.05, 0) is 41.4 Å². The lowest BCUT2D eigenvalue weighted by Gasteiger charge is -2.20. The molecule has 0 saturated carbocycles. The smallest absolute Gasteiger partial charge is 0.256 e. The first-order chi connectivity index (χ1) is 8.11. The van der Waals surface area contributed by atoms with E-state index in [4.69, 9.17) is 0 Å². The first-order valence-electron chi connectivity index (χ1n) is 5.41. The van der Waals surface area contributed by atoms with E-state index in [9.17, 15) is 9.18 Å². The topological polar surface area (TPSA) is 20.3 Å². The highest BCUT2D eigenvalue weighted by Gasteiger charge is 2.18. The van der Waals surface area contributed by atoms with Crippen LogP contribution in [0.3, 0.4) is 0 Å². The molecular formula is C12H14Br2FNO. The van der Waals surface area contributed by atoms with Crippen molar-refractivity contribution in [2.24, 2.45) is 0 Å². The highest BCUT2D eigenvalue weighted by atomic mass is 79.9. The molecule has 1 amide bonds. The predicted octanol–water partition coefficient (Wildman–Crippen LogP) is 3.84. The fourth-order valence-electron chi connectivity index (χ4n) is 1.49. The zero-order valence-electron chi connectivity index (χ0n) is 9.55. The Kier molecular flexibility index (Phi) is 6.12. The van der Waals surface area contributed by atoms with Crippen molar-refractivity contribution in [1.29, 1.82) is 0 Å². The van der Waals surface area contributed by atoms with Gasteiger partial charge in [0, 0.05) is 18.4 Å². The molecule has 0 atom stereocenters. The molecule has 17 heavy (non-hydrogen) atoms. The minimum atomic E-state index is -0.491. The Morgan fingerprint density at radius 2 is 2.18 bits per heavy atom. The van der Waals surface area contributed by atoms with Crippen molar-refractivity contribution in [3.8, 4) is 0 Å². The molecule has 2 nitrogen and oxygen atoms in total. The Morgan fingerprint density at radius 1 is 1.47 bits per heavy atom. The standard InChI is InChI=1S/C12H14Br2FNO/c1-2-16(8-4-7-13)12(17)9-5-3-6-10(14)11(9)15/h3,5-6H,2,4,7-8H2,1H3. The summed E-state index contributed by atoms with van der Waals surface area (Å²) in [5.41, 5.74) is 0.121. The van der Waals surface area contributed by atoms with Crippen LogP contribution in [0.5, 0.6) is 0 Å². The number of benzene rings is 1. The van der Waals surface area contributed by atoms with Gasteiger partial charge in [-0.15, -0.1) is 0 Å². The summed E-state index contributed by atoms with van der Waals surface area (Å²) < 4.78 is 14.1. The van der Waals surface area contributed by atoms with Gasteiger partial charge in [-0.25, -0.2) is 4.39 Å². The number of nitrogens with zero attached hydrogens (tertiary/aromatic N) is 1. The number of alkyl halides is 1. The Bertz CT molecular complexity index is 398. The van der Waals surface area contributed by atoms with Gasteiger partial charge in [-0.2, -0.15) is 0 Å². The molecule has 0 bridgehead atoms. The molecule has 5 heteroatoms. The Hall–Kier alpha value is -0.420. The van der Waals surface area contributed by atoms with E-state index in [0.29, 0.717) is 17.6 Å². The summed E-state index contributed by atoms with van der Waals surface area (Å²) in [4.78, 5) is 13.7. The molecule has 0 N–H and O–H groups in total. The molecule has 1 aromatic carbocycles. The van der Waals surface area contributed by atoms with Crippen molar-refractivity contribution in [3.63, 3.8) is 0 Å². The number of halogens is 3. The minimum absolute atomic E-state index is 0.121. The van der Waals surface area contributed by atoms with Crippen molar-refractivity contribution in [2.75, 3.05) is 18.4 Å². The lowest BCUT2D eigenvalue weighted by atomic mass is 10.2. The predicted molar refractivity (Wildman–Crippen MR) is 74.1 cm³/mol. The van der Waals surface area contributed by atoms with Gasteiger partial charge in [0.1, 0.15) is 5.82 Å². The molecule has 94 valence electrons. The molecule has 0 aliphatic rings. The van der Waals surface area contributed by atoms with Crippen LogP contribution < -0.4 is 0 Å². The van der Waals surface area contributed by atoms with Crippen LogP contribution in [0.2, 0.25) is 0 Å². The van der Waals surface area contributed by atoms with Crippen LogP contribution in [0.15, 0.2) is 22.7 Å². The van der Waals surface area contributed by atoms with Gasteiger partial charge < -0.3 is 4.90 Å². The third-order valence-electron chi connectivity index (χ3n) is 2.41. The minimum Gasteiger partial charge on any atom is -0.339 e. The summed E-state index contributed by atoms with van der Waals surface area (Å²) in [5, 5.41) is 0.831. The van der Waals surface area contributed by atoms with E-state index in [-0.39, 0.29) is 11.5 Å². The number of hydrogen-bond acceptors (Lipinski definition) is 1. The molecule has 0 unspecified atom stereocenters. The zero-order chi connectivity index (χ0) is 12.8. The lowest BCUT2D eigenvalue weighted by molar-refractivity contribution is 0.0760. The number of rotatable bonds is 5. The molecule has 1 aromatic rings. The van der Waals surface area contributed by atoms with Crippen LogP contribution in [0.1, 0.15) is 23.7 Å². The molecule has 0 saturated heterocycles. The van der Waals surface area contributed by atoms with E-state index < -0.39 is 5.82 Å². The van der Waals surface area contributed by atoms with Gasteiger partial charge in [0.15, 0.2) is 0 Å². The summed E-state index contributed by atoms with van der Waals surface area (Å²) in [6.45, 7) is 3.10. The summed E-state index contributed by atoms with van der Waals surface area (Å²) >= 11 is 6.40. The van der Waals surface area contributed by atoms with Crippen LogP contribution in [-0.2, 0) is 0 Å². The zero-order valence-corrected chi connectivity index (χ0v) is 12.7. The van der Waals surface area contributed by atoms with Gasteiger partial charge >= 0.3 is 0 Å². The van der Waals surface area contributed by atoms with E-state index >= 15 is 0 Å². The first-order valence-corrected chi connectivity index (χ1v) is 7.32. The normalized spacial score (nSPS) is 10.4. The van der Waals surface area contributed by atoms with Gasteiger partial charge in [0.05, 0.1) is 10.0 Å². The van der Waals surface area contributed by atoms with E-state index in [1.807, 2.05) is 6.92 Å². The van der Waals surface area contributed by atoms with Crippen molar-refractivity contribution in [2.45, 2.75) is 13.3 Å². The van der Waals surface area contributed by atoms with Gasteiger partial charge in [0.2, 0.25) is 0 Å². The summed E-state index contributed by atoms with van der Waals surface area (Å²) in [6.07, 6.45) is 0.856. The lowest BCUT2D eigenvalue weighted by Crippen LogP contribution is -2.32. The maximum Gasteiger partial charge on any atom is 0.256 e. The number of amides is 1. The molecule has 0 aliphatic carbocycles. The molecule has 1 rings (SSSR count). The first kappa shape index (κ1) is 14.6. The monoisotopic (exact) mass is 365 g/mol. The molecule has 0 radical (unpaired) electrons. The quantitative estimate of drug-likeness (QED) is 0.725. The average molecular weight is 367 g/mol. The van der Waals surface area contributed by atoms with E-state index in [0.717, 1.165) is 11.8 Å². The summed E-state index contributed by atoms with van der Waals surface area (Å²) in [5.74, 6) is -0.748. The molecule has 0 heterocycles. The largest absolute Gasteiger partial charge is 0.339 e. The average Bonchev–Trinajstić information content (AvgIpc) is 2.33. The van der Waals surface area contributed by atoms with Crippen LogP contribution in [0.25, 0.3) is 0 Å². The van der Waals surface area contributed by atoms with E-state index in [1.54, 1.807) is 17.0 Å². The maximum atomic E-state index is 13.8. The fourth-order valence-corrected chi connectivity index (χ4v) is 2.11. The van der Waals surface area contributed by atoms with Crippen LogP contribution in [-0.4, -0.2) is 29.2 Å². The SMILES string of the molecule is CCN(CCCBr)C(=O)c1cccc(Br)c1F. The second-order valence-electron chi connectivity index (χ2n) is 3.53. The number of hydrogen-bond donors (Lipinski definition) is 0. The maximum absolute atomic E-state index is 13.8. The van der Waals surface area contributed by atoms with Gasteiger partial charge in [-0.3, -0.25) is 4.79 Å². The third kappa shape index (κ3) is 3.78. The second kappa shape index (κ2) is 7.11. The van der Waals surface area contributed by atoms with Gasteiger partial charge in [0.25, 0.3) is 5.91 Å². The van der Waals surface area contributed by atoms with E-state index in [2.05, 4.69) is 31.9 Å². The Morgan fingerprint density at radius 3 is 2.76 bits per heavy atom. The summed E-state index contributed by atoms with van der Waals surface area (Å²) in [7, 11) is 0.